The summed E-state index contributed by atoms with van der Waals surface area (Å²) in [7, 11) is 5.29. The lowest BCUT2D eigenvalue weighted by Gasteiger charge is -2.40. The van der Waals surface area contributed by atoms with Crippen LogP contribution >= 0.6 is 24.0 Å². The van der Waals surface area contributed by atoms with E-state index in [0.717, 1.165) is 5.56 Å². The number of carbonyl (C=O) groups is 1. The zero-order valence-corrected chi connectivity index (χ0v) is 19.7. The summed E-state index contributed by atoms with van der Waals surface area (Å²) < 4.78 is 19.4. The number of carbonyl (C=O) groups excluding carboxylic acids is 1. The predicted octanol–water partition coefficient (Wildman–Crippen LogP) is 2.79. The van der Waals surface area contributed by atoms with Crippen LogP contribution in [0.2, 0.25) is 0 Å². The Labute approximate surface area is 183 Å². The largest absolute Gasteiger partial charge is 0.444 e. The summed E-state index contributed by atoms with van der Waals surface area (Å²) in [6, 6.07) is 5.26. The molecule has 1 aliphatic rings. The number of aliphatic imine (C=N–C) groups is 1. The van der Waals surface area contributed by atoms with Crippen LogP contribution in [0, 0.1) is 5.82 Å². The number of likely N-dealkylation sites (tertiary alicyclic amines) is 1. The Kier molecular flexibility index (Phi) is 8.77. The number of guanidine groups is 1. The molecular weight excluding hydrogens is 476 g/mol. The van der Waals surface area contributed by atoms with Gasteiger partial charge in [0.15, 0.2) is 5.96 Å². The summed E-state index contributed by atoms with van der Waals surface area (Å²) in [5.41, 5.74) is 0.882. The van der Waals surface area contributed by atoms with Crippen molar-refractivity contribution in [3.63, 3.8) is 0 Å². The molecule has 0 unspecified atom stereocenters. The number of anilines is 1. The van der Waals surface area contributed by atoms with E-state index in [1.54, 1.807) is 37.0 Å². The number of hydrogen-bond donors (Lipinski definition) is 2. The van der Waals surface area contributed by atoms with E-state index < -0.39 is 5.60 Å². The summed E-state index contributed by atoms with van der Waals surface area (Å²) in [5.74, 6) is 0.357. The Morgan fingerprint density at radius 1 is 1.36 bits per heavy atom. The number of ether oxygens (including phenoxy) is 1. The van der Waals surface area contributed by atoms with Gasteiger partial charge in [-0.25, -0.2) is 9.18 Å². The highest BCUT2D eigenvalue weighted by Gasteiger charge is 2.34. The molecule has 1 heterocycles. The van der Waals surface area contributed by atoms with Gasteiger partial charge in [-0.05, 0) is 38.5 Å². The van der Waals surface area contributed by atoms with Gasteiger partial charge in [-0.1, -0.05) is 6.07 Å². The SMILES string of the molecule is CN=C(NCc1ccc(N(C)C)c(F)c1)NC1CN(C(=O)OC(C)(C)C)C1.I. The minimum Gasteiger partial charge on any atom is -0.444 e. The predicted molar refractivity (Wildman–Crippen MR) is 121 cm³/mol. The molecule has 28 heavy (non-hydrogen) atoms. The minimum absolute atomic E-state index is 0. The number of nitrogens with one attached hydrogen (secondary N) is 2. The molecule has 1 saturated heterocycles. The van der Waals surface area contributed by atoms with E-state index in [-0.39, 0.29) is 41.9 Å². The highest BCUT2D eigenvalue weighted by atomic mass is 127. The van der Waals surface area contributed by atoms with Crippen LogP contribution in [0.25, 0.3) is 0 Å². The molecule has 0 atom stereocenters. The van der Waals surface area contributed by atoms with Crippen LogP contribution < -0.4 is 15.5 Å². The Bertz CT molecular complexity index is 700. The molecular formula is C19H31FIN5O2. The van der Waals surface area contributed by atoms with E-state index in [9.17, 15) is 9.18 Å². The summed E-state index contributed by atoms with van der Waals surface area (Å²) in [6.07, 6.45) is -0.306. The monoisotopic (exact) mass is 507 g/mol. The standard InChI is InChI=1S/C19H30FN5O2.HI/c1-19(2,3)27-18(26)25-11-14(12-25)23-17(21-4)22-10-13-7-8-16(24(5)6)15(20)9-13;/h7-9,14H,10-12H2,1-6H3,(H2,21,22,23);1H. The van der Waals surface area contributed by atoms with Gasteiger partial charge >= 0.3 is 6.09 Å². The highest BCUT2D eigenvalue weighted by molar-refractivity contribution is 14.0. The van der Waals surface area contributed by atoms with Crippen molar-refractivity contribution in [3.05, 3.63) is 29.6 Å². The Hall–Kier alpha value is -1.78. The summed E-state index contributed by atoms with van der Waals surface area (Å²) >= 11 is 0. The second-order valence-corrected chi connectivity index (χ2v) is 7.83. The molecule has 158 valence electrons. The Morgan fingerprint density at radius 2 is 2.00 bits per heavy atom. The van der Waals surface area contributed by atoms with E-state index in [0.29, 0.717) is 31.3 Å². The van der Waals surface area contributed by atoms with Crippen LogP contribution in [-0.4, -0.2) is 62.8 Å². The first-order valence-corrected chi connectivity index (χ1v) is 9.00. The van der Waals surface area contributed by atoms with Crippen molar-refractivity contribution in [2.24, 2.45) is 4.99 Å². The van der Waals surface area contributed by atoms with Crippen molar-refractivity contribution in [1.29, 1.82) is 0 Å². The van der Waals surface area contributed by atoms with Crippen molar-refractivity contribution in [2.75, 3.05) is 39.1 Å². The average molecular weight is 507 g/mol. The highest BCUT2D eigenvalue weighted by Crippen LogP contribution is 2.18. The average Bonchev–Trinajstić information content (AvgIpc) is 2.51. The fourth-order valence-corrected chi connectivity index (χ4v) is 2.64. The zero-order chi connectivity index (χ0) is 20.2. The van der Waals surface area contributed by atoms with Crippen LogP contribution in [0.1, 0.15) is 26.3 Å². The normalized spacial score (nSPS) is 14.7. The fourth-order valence-electron chi connectivity index (χ4n) is 2.64. The van der Waals surface area contributed by atoms with E-state index in [2.05, 4.69) is 15.6 Å². The molecule has 2 rings (SSSR count). The van der Waals surface area contributed by atoms with Crippen molar-refractivity contribution in [1.82, 2.24) is 15.5 Å². The number of nitrogens with zero attached hydrogens (tertiary/aromatic N) is 3. The van der Waals surface area contributed by atoms with Gasteiger partial charge in [-0.15, -0.1) is 24.0 Å². The molecule has 1 aliphatic heterocycles. The lowest BCUT2D eigenvalue weighted by atomic mass is 10.1. The van der Waals surface area contributed by atoms with E-state index in [1.165, 1.54) is 6.07 Å². The number of benzene rings is 1. The maximum absolute atomic E-state index is 14.1. The van der Waals surface area contributed by atoms with Crippen LogP contribution in [0.3, 0.4) is 0 Å². The fraction of sp³-hybridized carbons (Fsp3) is 0.579. The van der Waals surface area contributed by atoms with Crippen LogP contribution in [-0.2, 0) is 11.3 Å². The summed E-state index contributed by atoms with van der Waals surface area (Å²) in [4.78, 5) is 19.5. The van der Waals surface area contributed by atoms with E-state index >= 15 is 0 Å². The minimum atomic E-state index is -0.495. The molecule has 1 aromatic carbocycles. The van der Waals surface area contributed by atoms with Crippen LogP contribution in [0.5, 0.6) is 0 Å². The first-order valence-electron chi connectivity index (χ1n) is 9.00. The van der Waals surface area contributed by atoms with Gasteiger partial charge in [0.1, 0.15) is 11.4 Å². The number of hydrogen-bond acceptors (Lipinski definition) is 4. The molecule has 1 fully saturated rings. The van der Waals surface area contributed by atoms with Crippen molar-refractivity contribution in [2.45, 2.75) is 39.0 Å². The molecule has 1 aromatic rings. The second kappa shape index (κ2) is 10.1. The molecule has 9 heteroatoms. The van der Waals surface area contributed by atoms with Gasteiger partial charge in [0.25, 0.3) is 0 Å². The molecule has 0 saturated carbocycles. The molecule has 7 nitrogen and oxygen atoms in total. The van der Waals surface area contributed by atoms with Gasteiger partial charge in [-0.3, -0.25) is 4.99 Å². The van der Waals surface area contributed by atoms with Crippen molar-refractivity contribution >= 4 is 41.7 Å². The van der Waals surface area contributed by atoms with Gasteiger partial charge in [-0.2, -0.15) is 0 Å². The van der Waals surface area contributed by atoms with Gasteiger partial charge < -0.3 is 25.2 Å². The summed E-state index contributed by atoms with van der Waals surface area (Å²) in [6.45, 7) is 7.11. The third-order valence-electron chi connectivity index (χ3n) is 4.05. The molecule has 2 N–H and O–H groups in total. The second-order valence-electron chi connectivity index (χ2n) is 7.83. The van der Waals surface area contributed by atoms with E-state index in [1.807, 2.05) is 26.8 Å². The molecule has 0 aromatic heterocycles. The quantitative estimate of drug-likeness (QED) is 0.373. The topological polar surface area (TPSA) is 69.2 Å². The molecule has 0 aliphatic carbocycles. The first kappa shape index (κ1) is 24.3. The molecule has 0 radical (unpaired) electrons. The third kappa shape index (κ3) is 6.99. The number of halogens is 2. The maximum atomic E-state index is 14.1. The van der Waals surface area contributed by atoms with E-state index in [4.69, 9.17) is 4.74 Å². The molecule has 1 amide bonds. The number of rotatable bonds is 4. The third-order valence-corrected chi connectivity index (χ3v) is 4.05. The zero-order valence-electron chi connectivity index (χ0n) is 17.4. The summed E-state index contributed by atoms with van der Waals surface area (Å²) in [5, 5.41) is 6.42. The van der Waals surface area contributed by atoms with Gasteiger partial charge in [0.05, 0.1) is 11.7 Å². The lowest BCUT2D eigenvalue weighted by Crippen LogP contribution is -2.63. The number of amides is 1. The lowest BCUT2D eigenvalue weighted by molar-refractivity contribution is 0.00701. The van der Waals surface area contributed by atoms with Gasteiger partial charge in [0, 0.05) is 40.8 Å². The van der Waals surface area contributed by atoms with Crippen molar-refractivity contribution in [3.8, 4) is 0 Å². The smallest absolute Gasteiger partial charge is 0.410 e. The van der Waals surface area contributed by atoms with Crippen molar-refractivity contribution < 1.29 is 13.9 Å². The molecule has 0 bridgehead atoms. The molecule has 0 spiro atoms. The van der Waals surface area contributed by atoms with Crippen LogP contribution in [0.15, 0.2) is 23.2 Å². The first-order chi connectivity index (χ1) is 12.6. The maximum Gasteiger partial charge on any atom is 0.410 e. The van der Waals surface area contributed by atoms with Crippen LogP contribution in [0.4, 0.5) is 14.9 Å². The Balaban J connectivity index is 0.00000392. The Morgan fingerprint density at radius 3 is 2.50 bits per heavy atom. The van der Waals surface area contributed by atoms with Gasteiger partial charge in [0.2, 0.25) is 0 Å².